The summed E-state index contributed by atoms with van der Waals surface area (Å²) in [5, 5.41) is 4.21. The molecule has 2 aliphatic heterocycles. The lowest BCUT2D eigenvalue weighted by Gasteiger charge is -2.36. The van der Waals surface area contributed by atoms with Crippen LogP contribution in [0.3, 0.4) is 0 Å². The number of unbranched alkanes of at least 4 members (excludes halogenated alkanes) is 1. The zero-order valence-electron chi connectivity index (χ0n) is 15.9. The van der Waals surface area contributed by atoms with Crippen molar-refractivity contribution < 1.29 is 14.1 Å². The molecule has 144 valence electrons. The van der Waals surface area contributed by atoms with Crippen LogP contribution in [0.1, 0.15) is 50.8 Å². The second-order valence-corrected chi connectivity index (χ2v) is 7.73. The first kappa shape index (κ1) is 18.2. The number of benzene rings is 1. The summed E-state index contributed by atoms with van der Waals surface area (Å²) < 4.78 is 11.3. The molecule has 0 N–H and O–H groups in total. The van der Waals surface area contributed by atoms with Gasteiger partial charge in [0.1, 0.15) is 0 Å². The molecule has 6 nitrogen and oxygen atoms in total. The van der Waals surface area contributed by atoms with Crippen molar-refractivity contribution in [1.82, 2.24) is 15.0 Å². The predicted molar refractivity (Wildman–Crippen MR) is 101 cm³/mol. The van der Waals surface area contributed by atoms with Crippen LogP contribution in [0.5, 0.6) is 0 Å². The van der Waals surface area contributed by atoms with Gasteiger partial charge >= 0.3 is 0 Å². The van der Waals surface area contributed by atoms with Crippen LogP contribution in [-0.2, 0) is 9.53 Å². The van der Waals surface area contributed by atoms with Crippen molar-refractivity contribution in [1.29, 1.82) is 0 Å². The highest BCUT2D eigenvalue weighted by molar-refractivity contribution is 5.76. The summed E-state index contributed by atoms with van der Waals surface area (Å²) in [6.07, 6.45) is 4.45. The Bertz CT molecular complexity index is 768. The van der Waals surface area contributed by atoms with E-state index >= 15 is 0 Å². The van der Waals surface area contributed by atoms with E-state index in [-0.39, 0.29) is 17.2 Å². The van der Waals surface area contributed by atoms with Gasteiger partial charge in [-0.3, -0.25) is 4.79 Å². The van der Waals surface area contributed by atoms with Gasteiger partial charge in [-0.25, -0.2) is 0 Å². The fourth-order valence-corrected chi connectivity index (χ4v) is 4.35. The Morgan fingerprint density at radius 2 is 2.04 bits per heavy atom. The van der Waals surface area contributed by atoms with Gasteiger partial charge in [-0.2, -0.15) is 4.98 Å². The molecule has 2 fully saturated rings. The second-order valence-electron chi connectivity index (χ2n) is 7.73. The van der Waals surface area contributed by atoms with Crippen LogP contribution in [0.15, 0.2) is 34.9 Å². The Morgan fingerprint density at radius 3 is 2.78 bits per heavy atom. The van der Waals surface area contributed by atoms with Crippen molar-refractivity contribution in [2.75, 3.05) is 26.3 Å². The largest absolute Gasteiger partial charge is 0.381 e. The number of likely N-dealkylation sites (tertiary alicyclic amines) is 1. The van der Waals surface area contributed by atoms with Crippen LogP contribution in [0.25, 0.3) is 11.4 Å². The molecule has 27 heavy (non-hydrogen) atoms. The number of aromatic nitrogens is 2. The number of carbonyl (C=O) groups is 1. The zero-order chi connectivity index (χ0) is 18.7. The molecule has 0 unspecified atom stereocenters. The highest BCUT2D eigenvalue weighted by Crippen LogP contribution is 2.49. The number of ether oxygens (including phenoxy) is 1. The molecule has 1 spiro atoms. The highest BCUT2D eigenvalue weighted by Gasteiger charge is 2.51. The molecule has 2 aromatic rings. The van der Waals surface area contributed by atoms with E-state index < -0.39 is 0 Å². The van der Waals surface area contributed by atoms with Gasteiger partial charge in [0.2, 0.25) is 17.6 Å². The van der Waals surface area contributed by atoms with Crippen LogP contribution >= 0.6 is 0 Å². The first-order valence-corrected chi connectivity index (χ1v) is 9.96. The topological polar surface area (TPSA) is 68.5 Å². The van der Waals surface area contributed by atoms with E-state index in [1.54, 1.807) is 0 Å². The van der Waals surface area contributed by atoms with Gasteiger partial charge in [-0.1, -0.05) is 48.8 Å². The van der Waals surface area contributed by atoms with E-state index in [0.29, 0.717) is 24.7 Å². The molecule has 0 radical (unpaired) electrons. The lowest BCUT2D eigenvalue weighted by Crippen LogP contribution is -2.37. The molecule has 0 aliphatic carbocycles. The molecule has 2 aliphatic rings. The van der Waals surface area contributed by atoms with E-state index in [2.05, 4.69) is 12.1 Å². The Balaban J connectivity index is 1.59. The van der Waals surface area contributed by atoms with Crippen molar-refractivity contribution in [3.63, 3.8) is 0 Å². The summed E-state index contributed by atoms with van der Waals surface area (Å²) in [5.41, 5.74) is 0.933. The third kappa shape index (κ3) is 3.63. The van der Waals surface area contributed by atoms with E-state index in [4.69, 9.17) is 14.2 Å². The maximum Gasteiger partial charge on any atom is 0.232 e. The molecule has 6 heteroatoms. The van der Waals surface area contributed by atoms with Crippen molar-refractivity contribution in [3.05, 3.63) is 36.2 Å². The smallest absolute Gasteiger partial charge is 0.232 e. The van der Waals surface area contributed by atoms with Gasteiger partial charge in [-0.15, -0.1) is 0 Å². The summed E-state index contributed by atoms with van der Waals surface area (Å²) in [7, 11) is 0. The third-order valence-electron chi connectivity index (χ3n) is 6.01. The van der Waals surface area contributed by atoms with Crippen molar-refractivity contribution >= 4 is 5.91 Å². The summed E-state index contributed by atoms with van der Waals surface area (Å²) in [6, 6.07) is 9.87. The third-order valence-corrected chi connectivity index (χ3v) is 6.01. The zero-order valence-corrected chi connectivity index (χ0v) is 15.9. The standard InChI is InChI=1S/C21H27N3O3/c1-2-3-9-18(25)24-14-17(21(15-24)10-12-26-13-11-21)20-22-19(23-27-20)16-7-5-4-6-8-16/h4-8,17H,2-3,9-15H2,1H3/t17-/m0/s1. The molecular weight excluding hydrogens is 342 g/mol. The quantitative estimate of drug-likeness (QED) is 0.805. The van der Waals surface area contributed by atoms with Gasteiger partial charge in [0.25, 0.3) is 0 Å². The number of carbonyl (C=O) groups excluding carboxylic acids is 1. The molecule has 1 atom stereocenters. The minimum Gasteiger partial charge on any atom is -0.381 e. The minimum atomic E-state index is -0.0133. The molecular formula is C21H27N3O3. The van der Waals surface area contributed by atoms with Gasteiger partial charge in [0, 0.05) is 43.7 Å². The Hall–Kier alpha value is -2.21. The molecule has 1 aromatic heterocycles. The van der Waals surface area contributed by atoms with Crippen molar-refractivity contribution in [2.24, 2.45) is 5.41 Å². The van der Waals surface area contributed by atoms with Gasteiger partial charge in [0.15, 0.2) is 0 Å². The van der Waals surface area contributed by atoms with Crippen LogP contribution < -0.4 is 0 Å². The minimum absolute atomic E-state index is 0.0133. The average molecular weight is 369 g/mol. The maximum absolute atomic E-state index is 12.7. The fourth-order valence-electron chi connectivity index (χ4n) is 4.35. The Morgan fingerprint density at radius 1 is 1.26 bits per heavy atom. The van der Waals surface area contributed by atoms with E-state index in [1.807, 2.05) is 35.2 Å². The first-order valence-electron chi connectivity index (χ1n) is 9.96. The molecule has 2 saturated heterocycles. The molecule has 1 aromatic carbocycles. The van der Waals surface area contributed by atoms with Gasteiger partial charge < -0.3 is 14.2 Å². The number of hydrogen-bond acceptors (Lipinski definition) is 5. The van der Waals surface area contributed by atoms with Crippen LogP contribution in [-0.4, -0.2) is 47.3 Å². The van der Waals surface area contributed by atoms with E-state index in [1.165, 1.54) is 0 Å². The predicted octanol–water partition coefficient (Wildman–Crippen LogP) is 3.65. The normalized spacial score (nSPS) is 21.7. The van der Waals surface area contributed by atoms with Crippen molar-refractivity contribution in [3.8, 4) is 11.4 Å². The summed E-state index contributed by atoms with van der Waals surface area (Å²) in [4.78, 5) is 19.4. The van der Waals surface area contributed by atoms with Gasteiger partial charge in [-0.05, 0) is 19.3 Å². The van der Waals surface area contributed by atoms with E-state index in [0.717, 1.165) is 51.0 Å². The highest BCUT2D eigenvalue weighted by atomic mass is 16.5. The average Bonchev–Trinajstić information content (AvgIpc) is 3.33. The molecule has 3 heterocycles. The lowest BCUT2D eigenvalue weighted by atomic mass is 9.72. The van der Waals surface area contributed by atoms with Crippen LogP contribution in [0.2, 0.25) is 0 Å². The second kappa shape index (κ2) is 7.80. The Kier molecular flexibility index (Phi) is 5.25. The lowest BCUT2D eigenvalue weighted by molar-refractivity contribution is -0.131. The molecule has 0 saturated carbocycles. The molecule has 4 rings (SSSR count). The number of hydrogen-bond donors (Lipinski definition) is 0. The number of amides is 1. The first-order chi connectivity index (χ1) is 13.2. The summed E-state index contributed by atoms with van der Waals surface area (Å²) in [6.45, 7) is 5.01. The number of rotatable bonds is 5. The molecule has 0 bridgehead atoms. The molecule has 1 amide bonds. The van der Waals surface area contributed by atoms with E-state index in [9.17, 15) is 4.79 Å². The SMILES string of the molecule is CCCCC(=O)N1C[C@@H](c2nc(-c3ccccc3)no2)C2(CCOCC2)C1. The monoisotopic (exact) mass is 369 g/mol. The number of nitrogens with zero attached hydrogens (tertiary/aromatic N) is 3. The summed E-state index contributed by atoms with van der Waals surface area (Å²) >= 11 is 0. The summed E-state index contributed by atoms with van der Waals surface area (Å²) in [5.74, 6) is 1.59. The Labute approximate surface area is 159 Å². The van der Waals surface area contributed by atoms with Gasteiger partial charge in [0.05, 0.1) is 5.92 Å². The fraction of sp³-hybridized carbons (Fsp3) is 0.571. The van der Waals surface area contributed by atoms with Crippen LogP contribution in [0, 0.1) is 5.41 Å². The van der Waals surface area contributed by atoms with Crippen LogP contribution in [0.4, 0.5) is 0 Å². The van der Waals surface area contributed by atoms with Crippen molar-refractivity contribution in [2.45, 2.75) is 44.9 Å². The maximum atomic E-state index is 12.7.